The molecule has 9 heteroatoms. The van der Waals surface area contributed by atoms with Crippen molar-refractivity contribution in [2.45, 2.75) is 6.42 Å². The number of hydrogen-bond donors (Lipinski definition) is 5. The van der Waals surface area contributed by atoms with Crippen molar-refractivity contribution in [2.24, 2.45) is 10.8 Å². The molecular weight excluding hydrogens is 346 g/mol. The van der Waals surface area contributed by atoms with Crippen molar-refractivity contribution in [1.29, 1.82) is 10.7 Å². The van der Waals surface area contributed by atoms with E-state index in [2.05, 4.69) is 20.5 Å². The summed E-state index contributed by atoms with van der Waals surface area (Å²) < 4.78 is 0. The van der Waals surface area contributed by atoms with E-state index in [1.54, 1.807) is 30.3 Å². The molecule has 0 aliphatic heterocycles. The lowest BCUT2D eigenvalue weighted by atomic mass is 10.1. The fourth-order valence-electron chi connectivity index (χ4n) is 2.44. The van der Waals surface area contributed by atoms with Gasteiger partial charge in [-0.15, -0.1) is 0 Å². The molecule has 0 radical (unpaired) electrons. The second-order valence-corrected chi connectivity index (χ2v) is 5.69. The lowest BCUT2D eigenvalue weighted by Crippen LogP contribution is -2.21. The van der Waals surface area contributed by atoms with Crippen molar-refractivity contribution in [3.05, 3.63) is 59.4 Å². The number of H-pyrrole nitrogens is 1. The number of aromatic carboxylic acids is 1. The van der Waals surface area contributed by atoms with Gasteiger partial charge in [-0.05, 0) is 35.9 Å². The zero-order chi connectivity index (χ0) is 19.4. The second-order valence-electron chi connectivity index (χ2n) is 5.69. The summed E-state index contributed by atoms with van der Waals surface area (Å²) >= 11 is 0. The van der Waals surface area contributed by atoms with E-state index in [4.69, 9.17) is 21.5 Å². The molecule has 0 spiro atoms. The smallest absolute Gasteiger partial charge is 0.335 e. The number of hydrazone groups is 1. The average Bonchev–Trinajstić information content (AvgIpc) is 3.04. The zero-order valence-electron chi connectivity index (χ0n) is 14.0. The zero-order valence-corrected chi connectivity index (χ0v) is 14.0. The molecule has 0 unspecified atom stereocenters. The lowest BCUT2D eigenvalue weighted by Gasteiger charge is -2.03. The van der Waals surface area contributed by atoms with Crippen LogP contribution in [-0.4, -0.2) is 32.6 Å². The standard InChI is InChI=1S/C18H15N7O2/c19-9-15(17(20)21)25-24-12-4-1-10(2-5-12)7-16-22-13-6-3-11(18(26)27)8-14(13)23-16/h1-6,8,24H,7H2,(H3,20,21)(H,22,23)(H,26,27)/b25-15+. The van der Waals surface area contributed by atoms with E-state index >= 15 is 0 Å². The fourth-order valence-corrected chi connectivity index (χ4v) is 2.44. The molecule has 0 fully saturated rings. The normalized spacial score (nSPS) is 11.1. The topological polar surface area (TPSA) is 164 Å². The summed E-state index contributed by atoms with van der Waals surface area (Å²) in [6, 6.07) is 13.8. The molecule has 2 aromatic carbocycles. The van der Waals surface area contributed by atoms with Gasteiger partial charge in [-0.1, -0.05) is 12.1 Å². The summed E-state index contributed by atoms with van der Waals surface area (Å²) in [6.45, 7) is 0. The third-order valence-corrected chi connectivity index (χ3v) is 3.76. The minimum Gasteiger partial charge on any atom is -0.478 e. The molecule has 0 amide bonds. The van der Waals surface area contributed by atoms with Crippen LogP contribution in [0.1, 0.15) is 21.7 Å². The van der Waals surface area contributed by atoms with E-state index in [-0.39, 0.29) is 11.3 Å². The van der Waals surface area contributed by atoms with Crippen LogP contribution < -0.4 is 11.2 Å². The van der Waals surface area contributed by atoms with Crippen molar-refractivity contribution in [3.63, 3.8) is 0 Å². The summed E-state index contributed by atoms with van der Waals surface area (Å²) in [6.07, 6.45) is 0.539. The lowest BCUT2D eigenvalue weighted by molar-refractivity contribution is 0.0697. The van der Waals surface area contributed by atoms with Gasteiger partial charge in [0.1, 0.15) is 11.9 Å². The Morgan fingerprint density at radius 3 is 2.70 bits per heavy atom. The maximum absolute atomic E-state index is 11.0. The van der Waals surface area contributed by atoms with Gasteiger partial charge in [0.2, 0.25) is 5.71 Å². The van der Waals surface area contributed by atoms with Gasteiger partial charge in [-0.25, -0.2) is 9.78 Å². The second kappa shape index (κ2) is 7.37. The number of amidine groups is 1. The quantitative estimate of drug-likeness (QED) is 0.256. The predicted octanol–water partition coefficient (Wildman–Crippen LogP) is 2.08. The molecule has 1 aromatic heterocycles. The summed E-state index contributed by atoms with van der Waals surface area (Å²) in [7, 11) is 0. The maximum Gasteiger partial charge on any atom is 0.335 e. The van der Waals surface area contributed by atoms with Gasteiger partial charge in [0, 0.05) is 6.42 Å². The van der Waals surface area contributed by atoms with Crippen LogP contribution in [0.5, 0.6) is 0 Å². The SMILES string of the molecule is N#C/C(=N\Nc1ccc(Cc2nc3ccc(C(=O)O)cc3[nH]2)cc1)C(=N)N. The van der Waals surface area contributed by atoms with Crippen LogP contribution in [-0.2, 0) is 6.42 Å². The Morgan fingerprint density at radius 1 is 1.33 bits per heavy atom. The summed E-state index contributed by atoms with van der Waals surface area (Å²) in [5.74, 6) is -0.671. The molecule has 6 N–H and O–H groups in total. The first-order chi connectivity index (χ1) is 13.0. The van der Waals surface area contributed by atoms with Crippen LogP contribution in [0.25, 0.3) is 11.0 Å². The summed E-state index contributed by atoms with van der Waals surface area (Å²) in [4.78, 5) is 18.6. The largest absolute Gasteiger partial charge is 0.478 e. The third kappa shape index (κ3) is 4.08. The van der Waals surface area contributed by atoms with E-state index in [9.17, 15) is 4.79 Å². The molecule has 1 heterocycles. The minimum absolute atomic E-state index is 0.193. The number of imidazole rings is 1. The Kier molecular flexibility index (Phi) is 4.81. The highest BCUT2D eigenvalue weighted by Crippen LogP contribution is 2.17. The number of nitrogens with two attached hydrogens (primary N) is 1. The molecule has 9 nitrogen and oxygen atoms in total. The Bertz CT molecular complexity index is 1090. The van der Waals surface area contributed by atoms with E-state index in [1.165, 1.54) is 6.07 Å². The number of hydrogen-bond acceptors (Lipinski definition) is 6. The molecule has 0 saturated carbocycles. The first kappa shape index (κ1) is 17.6. The number of fused-ring (bicyclic) bond motifs is 1. The Labute approximate surface area is 153 Å². The van der Waals surface area contributed by atoms with Crippen molar-refractivity contribution in [3.8, 4) is 6.07 Å². The number of carbonyl (C=O) groups is 1. The van der Waals surface area contributed by atoms with Crippen molar-refractivity contribution >= 4 is 34.2 Å². The Balaban J connectivity index is 1.73. The van der Waals surface area contributed by atoms with Gasteiger partial charge in [0.15, 0.2) is 5.84 Å². The molecule has 27 heavy (non-hydrogen) atoms. The van der Waals surface area contributed by atoms with E-state index in [0.717, 1.165) is 11.4 Å². The molecule has 0 atom stereocenters. The molecule has 0 aliphatic carbocycles. The van der Waals surface area contributed by atoms with Gasteiger partial charge >= 0.3 is 5.97 Å². The number of aromatic nitrogens is 2. The Morgan fingerprint density at radius 2 is 2.07 bits per heavy atom. The number of nitrogens with one attached hydrogen (secondary N) is 3. The minimum atomic E-state index is -0.983. The van der Waals surface area contributed by atoms with Gasteiger partial charge < -0.3 is 15.8 Å². The van der Waals surface area contributed by atoms with Gasteiger partial charge in [-0.2, -0.15) is 10.4 Å². The number of nitriles is 1. The highest BCUT2D eigenvalue weighted by Gasteiger charge is 2.08. The molecule has 3 rings (SSSR count). The fraction of sp³-hybridized carbons (Fsp3) is 0.0556. The van der Waals surface area contributed by atoms with E-state index < -0.39 is 11.8 Å². The van der Waals surface area contributed by atoms with Crippen LogP contribution >= 0.6 is 0 Å². The number of aromatic amines is 1. The van der Waals surface area contributed by atoms with E-state index in [0.29, 0.717) is 23.1 Å². The first-order valence-electron chi connectivity index (χ1n) is 7.85. The molecule has 0 bridgehead atoms. The van der Waals surface area contributed by atoms with Crippen LogP contribution in [0.2, 0.25) is 0 Å². The number of rotatable bonds is 6. The number of nitrogens with zero attached hydrogens (tertiary/aromatic N) is 3. The maximum atomic E-state index is 11.0. The number of carboxylic acids is 1. The highest BCUT2D eigenvalue weighted by atomic mass is 16.4. The molecule has 3 aromatic rings. The van der Waals surface area contributed by atoms with Crippen molar-refractivity contribution in [1.82, 2.24) is 9.97 Å². The molecule has 0 saturated heterocycles. The van der Waals surface area contributed by atoms with Crippen LogP contribution in [0, 0.1) is 16.7 Å². The summed E-state index contributed by atoms with van der Waals surface area (Å²) in [5.41, 5.74) is 10.9. The molecule has 134 valence electrons. The monoisotopic (exact) mass is 361 g/mol. The predicted molar refractivity (Wildman–Crippen MR) is 101 cm³/mol. The van der Waals surface area contributed by atoms with Crippen LogP contribution in [0.15, 0.2) is 47.6 Å². The van der Waals surface area contributed by atoms with Crippen LogP contribution in [0.3, 0.4) is 0 Å². The van der Waals surface area contributed by atoms with Gasteiger partial charge in [0.25, 0.3) is 0 Å². The van der Waals surface area contributed by atoms with Crippen molar-refractivity contribution in [2.75, 3.05) is 5.43 Å². The number of carboxylic acid groups (broad SMARTS) is 1. The number of benzene rings is 2. The average molecular weight is 361 g/mol. The Hall–Kier alpha value is -4.19. The van der Waals surface area contributed by atoms with Gasteiger partial charge in [-0.3, -0.25) is 10.8 Å². The third-order valence-electron chi connectivity index (χ3n) is 3.76. The molecular formula is C18H15N7O2. The first-order valence-corrected chi connectivity index (χ1v) is 7.85. The van der Waals surface area contributed by atoms with Crippen LogP contribution in [0.4, 0.5) is 5.69 Å². The summed E-state index contributed by atoms with van der Waals surface area (Å²) in [5, 5.41) is 28.8. The molecule has 0 aliphatic rings. The van der Waals surface area contributed by atoms with Crippen molar-refractivity contribution < 1.29 is 9.90 Å². The van der Waals surface area contributed by atoms with E-state index in [1.807, 2.05) is 12.1 Å². The highest BCUT2D eigenvalue weighted by molar-refractivity contribution is 6.45. The van der Waals surface area contributed by atoms with Gasteiger partial charge in [0.05, 0.1) is 22.3 Å². The number of anilines is 1.